The second kappa shape index (κ2) is 20.7. The van der Waals surface area contributed by atoms with Gasteiger partial charge in [0.25, 0.3) is 8.32 Å². The van der Waals surface area contributed by atoms with Gasteiger partial charge in [0, 0.05) is 6.10 Å². The number of carbonyl (C=O) groups is 1. The Morgan fingerprint density at radius 2 is 1.33 bits per heavy atom. The second-order valence-electron chi connectivity index (χ2n) is 18.7. The third-order valence-corrected chi connectivity index (χ3v) is 27.2. The van der Waals surface area contributed by atoms with Gasteiger partial charge in [-0.15, -0.1) is 6.58 Å². The lowest BCUT2D eigenvalue weighted by Crippen LogP contribution is -2.68. The molecule has 1 aliphatic rings. The van der Waals surface area contributed by atoms with Crippen LogP contribution in [0.2, 0.25) is 41.3 Å². The number of carbonyl (C=O) groups excluding carboxylic acids is 1. The van der Waals surface area contributed by atoms with Crippen molar-refractivity contribution in [1.29, 1.82) is 0 Å². The maximum absolute atomic E-state index is 12.4. The molecule has 9 heteroatoms. The SMILES string of the molecule is C=C[C@H](C)[C@@H](C[C@H](C[C@@H](C[C@@H]1CCC[C@H](CC(=O)OC)O1)O[Si](c1ccccc1)(c1ccccc1)C(C)(C)C)O[Si](C)(C)C(C)(C)C)O[Si](CC)(CC)CC. The van der Waals surface area contributed by atoms with Gasteiger partial charge in [0.1, 0.15) is 0 Å². The van der Waals surface area contributed by atoms with Crippen molar-refractivity contribution in [1.82, 2.24) is 0 Å². The normalized spacial score (nSPS) is 19.7. The molecule has 0 radical (unpaired) electrons. The minimum Gasteiger partial charge on any atom is -0.469 e. The fraction of sp³-hybridized carbons (Fsp3) is 0.674. The Morgan fingerprint density at radius 1 is 0.800 bits per heavy atom. The zero-order chi connectivity index (χ0) is 41.1. The van der Waals surface area contributed by atoms with Gasteiger partial charge in [-0.3, -0.25) is 4.79 Å². The van der Waals surface area contributed by atoms with Crippen LogP contribution < -0.4 is 10.4 Å². The third kappa shape index (κ3) is 12.6. The molecule has 0 aliphatic carbocycles. The van der Waals surface area contributed by atoms with Gasteiger partial charge in [-0.25, -0.2) is 0 Å². The molecular formula is C46H78O6Si3. The summed E-state index contributed by atoms with van der Waals surface area (Å²) in [5.74, 6) is -0.0410. The van der Waals surface area contributed by atoms with Crippen LogP contribution in [0.1, 0.15) is 114 Å². The molecule has 1 saturated heterocycles. The first-order chi connectivity index (χ1) is 25.8. The Hall–Kier alpha value is -1.86. The summed E-state index contributed by atoms with van der Waals surface area (Å²) in [6.45, 7) is 32.2. The maximum Gasteiger partial charge on any atom is 0.308 e. The molecule has 2 aromatic rings. The fourth-order valence-corrected chi connectivity index (χ4v) is 17.2. The molecule has 310 valence electrons. The van der Waals surface area contributed by atoms with Crippen LogP contribution in [-0.2, 0) is 27.5 Å². The highest BCUT2D eigenvalue weighted by Crippen LogP contribution is 2.42. The number of esters is 1. The second-order valence-corrected chi connectivity index (χ2v) is 32.4. The number of rotatable bonds is 21. The molecule has 0 aromatic heterocycles. The highest BCUT2D eigenvalue weighted by Gasteiger charge is 2.52. The van der Waals surface area contributed by atoms with E-state index in [9.17, 15) is 4.79 Å². The van der Waals surface area contributed by atoms with Gasteiger partial charge in [0.05, 0.1) is 37.9 Å². The average molecular weight is 811 g/mol. The molecule has 0 bridgehead atoms. The van der Waals surface area contributed by atoms with E-state index in [0.29, 0.717) is 0 Å². The summed E-state index contributed by atoms with van der Waals surface area (Å²) >= 11 is 0. The van der Waals surface area contributed by atoms with Gasteiger partial charge in [-0.1, -0.05) is 136 Å². The molecule has 1 heterocycles. The molecule has 6 nitrogen and oxygen atoms in total. The van der Waals surface area contributed by atoms with Gasteiger partial charge >= 0.3 is 5.97 Å². The summed E-state index contributed by atoms with van der Waals surface area (Å²) in [6, 6.07) is 25.2. The molecule has 1 aliphatic heterocycles. The van der Waals surface area contributed by atoms with E-state index in [1.54, 1.807) is 0 Å². The summed E-state index contributed by atoms with van der Waals surface area (Å²) in [7, 11) is -5.67. The summed E-state index contributed by atoms with van der Waals surface area (Å²) < 4.78 is 34.7. The number of hydrogen-bond donors (Lipinski definition) is 0. The number of ether oxygens (including phenoxy) is 2. The lowest BCUT2D eigenvalue weighted by Gasteiger charge is -2.47. The van der Waals surface area contributed by atoms with E-state index in [1.807, 2.05) is 0 Å². The Kier molecular flexibility index (Phi) is 17.9. The van der Waals surface area contributed by atoms with Crippen molar-refractivity contribution in [3.63, 3.8) is 0 Å². The Morgan fingerprint density at radius 3 is 1.78 bits per heavy atom. The predicted molar refractivity (Wildman–Crippen MR) is 239 cm³/mol. The zero-order valence-electron chi connectivity index (χ0n) is 37.0. The van der Waals surface area contributed by atoms with Crippen LogP contribution in [0.4, 0.5) is 0 Å². The molecule has 0 saturated carbocycles. The van der Waals surface area contributed by atoms with Crippen molar-refractivity contribution in [2.45, 2.75) is 186 Å². The smallest absolute Gasteiger partial charge is 0.308 e. The molecule has 0 unspecified atom stereocenters. The van der Waals surface area contributed by atoms with Crippen LogP contribution in [0.3, 0.4) is 0 Å². The van der Waals surface area contributed by atoms with Crippen LogP contribution in [0.5, 0.6) is 0 Å². The monoisotopic (exact) mass is 811 g/mol. The van der Waals surface area contributed by atoms with Crippen molar-refractivity contribution in [2.75, 3.05) is 7.11 Å². The standard InChI is InChI=1S/C46H78O6Si3/c1-15-36(5)43(52-54(16-2,17-3)18-4)34-40(50-53(13,14)45(6,7)8)33-39(32-37-26-25-27-38(49-37)35-44(47)48-12)51-55(46(9,10)11,41-28-21-19-22-29-41)42-30-23-20-24-31-42/h15,19-24,28-31,36-40,43H,1,16-18,25-27,32-35H2,2-14H3/t36-,37-,38+,39+,40-,43+/m0/s1. The predicted octanol–water partition coefficient (Wildman–Crippen LogP) is 11.2. The molecule has 0 N–H and O–H groups in total. The largest absolute Gasteiger partial charge is 0.469 e. The zero-order valence-corrected chi connectivity index (χ0v) is 40.0. The number of benzene rings is 2. The average Bonchev–Trinajstić information content (AvgIpc) is 3.14. The summed E-state index contributed by atoms with van der Waals surface area (Å²) in [5, 5.41) is 2.37. The quantitative estimate of drug-likeness (QED) is 0.0711. The molecule has 1 fully saturated rings. The van der Waals surface area contributed by atoms with Gasteiger partial charge in [0.15, 0.2) is 16.6 Å². The fourth-order valence-electron chi connectivity index (χ4n) is 8.18. The van der Waals surface area contributed by atoms with Crippen LogP contribution in [0, 0.1) is 5.92 Å². The van der Waals surface area contributed by atoms with Crippen LogP contribution in [0.15, 0.2) is 73.3 Å². The summed E-state index contributed by atoms with van der Waals surface area (Å²) in [5.41, 5.74) is 0. The minimum absolute atomic E-state index is 0.00247. The van der Waals surface area contributed by atoms with E-state index in [-0.39, 0.29) is 58.9 Å². The minimum atomic E-state index is -2.95. The number of methoxy groups -OCH3 is 1. The molecule has 2 aromatic carbocycles. The molecule has 3 rings (SSSR count). The molecule has 55 heavy (non-hydrogen) atoms. The third-order valence-electron chi connectivity index (χ3n) is 12.9. The first-order valence-electron chi connectivity index (χ1n) is 21.3. The van der Waals surface area contributed by atoms with Crippen molar-refractivity contribution in [3.05, 3.63) is 73.3 Å². The van der Waals surface area contributed by atoms with Crippen LogP contribution in [-0.4, -0.2) is 68.6 Å². The number of hydrogen-bond acceptors (Lipinski definition) is 6. The van der Waals surface area contributed by atoms with Crippen molar-refractivity contribution < 1.29 is 27.5 Å². The Balaban J connectivity index is 2.22. The summed E-state index contributed by atoms with van der Waals surface area (Å²) in [4.78, 5) is 12.4. The molecule has 0 amide bonds. The highest BCUT2D eigenvalue weighted by molar-refractivity contribution is 6.99. The Bertz CT molecular complexity index is 1390. The van der Waals surface area contributed by atoms with Crippen molar-refractivity contribution >= 4 is 41.3 Å². The van der Waals surface area contributed by atoms with Crippen LogP contribution in [0.25, 0.3) is 0 Å². The van der Waals surface area contributed by atoms with E-state index < -0.39 is 25.0 Å². The van der Waals surface area contributed by atoms with Gasteiger partial charge in [0.2, 0.25) is 0 Å². The lowest BCUT2D eigenvalue weighted by molar-refractivity contribution is -0.147. The topological polar surface area (TPSA) is 63.2 Å². The van der Waals surface area contributed by atoms with Crippen molar-refractivity contribution in [2.24, 2.45) is 5.92 Å². The Labute approximate surface area is 339 Å². The summed E-state index contributed by atoms with van der Waals surface area (Å²) in [6.07, 6.45) is 6.92. The van der Waals surface area contributed by atoms with Crippen LogP contribution >= 0.6 is 0 Å². The highest BCUT2D eigenvalue weighted by atomic mass is 28.4. The van der Waals surface area contributed by atoms with E-state index in [2.05, 4.69) is 156 Å². The van der Waals surface area contributed by atoms with E-state index in [4.69, 9.17) is 22.8 Å². The van der Waals surface area contributed by atoms with E-state index in [1.165, 1.54) is 17.5 Å². The first kappa shape index (κ1) is 47.5. The van der Waals surface area contributed by atoms with E-state index in [0.717, 1.165) is 56.7 Å². The first-order valence-corrected chi connectivity index (χ1v) is 28.6. The molecular weight excluding hydrogens is 733 g/mol. The lowest BCUT2D eigenvalue weighted by atomic mass is 9.93. The van der Waals surface area contributed by atoms with E-state index >= 15 is 0 Å². The van der Waals surface area contributed by atoms with Gasteiger partial charge in [-0.05, 0) is 96.1 Å². The van der Waals surface area contributed by atoms with Gasteiger partial charge in [-0.2, -0.15) is 0 Å². The molecule has 6 atom stereocenters. The van der Waals surface area contributed by atoms with Gasteiger partial charge < -0.3 is 22.8 Å². The maximum atomic E-state index is 12.4. The molecule has 0 spiro atoms. The van der Waals surface area contributed by atoms with Crippen molar-refractivity contribution in [3.8, 4) is 0 Å².